The van der Waals surface area contributed by atoms with E-state index < -0.39 is 55.5 Å². The molecule has 0 saturated carbocycles. The number of methoxy groups -OCH3 is 2. The summed E-state index contributed by atoms with van der Waals surface area (Å²) in [5, 5.41) is 0. The maximum atomic E-state index is 12.7. The number of nitrogens with one attached hydrogen (secondary N) is 2. The number of halogens is 6. The lowest BCUT2D eigenvalue weighted by Gasteiger charge is -2.12. The van der Waals surface area contributed by atoms with Crippen molar-refractivity contribution in [2.45, 2.75) is 62.7 Å². The molecule has 6 aromatic rings. The smallest absolute Gasteiger partial charge is 0.416 e. The molecule has 0 aliphatic rings. The van der Waals surface area contributed by atoms with Crippen LogP contribution in [0.4, 0.5) is 26.3 Å². The third-order valence-electron chi connectivity index (χ3n) is 10.8. The Morgan fingerprint density at radius 3 is 1.03 bits per heavy atom. The Kier molecular flexibility index (Phi) is 17.6. The molecule has 0 bridgehead atoms. The van der Waals surface area contributed by atoms with Gasteiger partial charge in [-0.05, 0) is 171 Å². The highest BCUT2D eigenvalue weighted by molar-refractivity contribution is 7.89. The fourth-order valence-electron chi connectivity index (χ4n) is 6.58. The van der Waals surface area contributed by atoms with Gasteiger partial charge in [0, 0.05) is 13.1 Å². The quantitative estimate of drug-likeness (QED) is 0.0705. The lowest BCUT2D eigenvalue weighted by Crippen LogP contribution is -2.26. The summed E-state index contributed by atoms with van der Waals surface area (Å²) < 4.78 is 153. The molecule has 12 nitrogen and oxygen atoms in total. The first-order valence-corrected chi connectivity index (χ1v) is 24.0. The van der Waals surface area contributed by atoms with Gasteiger partial charge in [-0.1, -0.05) is 24.3 Å². The lowest BCUT2D eigenvalue weighted by atomic mass is 10.0. The average molecular weight is 1020 g/mol. The third kappa shape index (κ3) is 14.6. The second kappa shape index (κ2) is 22.8. The van der Waals surface area contributed by atoms with Crippen LogP contribution in [0.15, 0.2) is 131 Å². The van der Waals surface area contributed by atoms with Crippen LogP contribution in [0.1, 0.15) is 65.2 Å². The molecule has 70 heavy (non-hydrogen) atoms. The second-order valence-electron chi connectivity index (χ2n) is 15.6. The molecule has 0 heterocycles. The number of hydrogen-bond donors (Lipinski definition) is 2. The minimum absolute atomic E-state index is 0.0266. The van der Waals surface area contributed by atoms with Crippen molar-refractivity contribution in [3.63, 3.8) is 0 Å². The Balaban J connectivity index is 0.000000261. The maximum Gasteiger partial charge on any atom is 0.416 e. The van der Waals surface area contributed by atoms with Crippen molar-refractivity contribution < 1.29 is 71.7 Å². The number of rotatable bonds is 16. The number of aryl methyl sites for hydroxylation is 2. The van der Waals surface area contributed by atoms with E-state index in [4.69, 9.17) is 18.9 Å². The Labute approximate surface area is 401 Å². The first-order chi connectivity index (χ1) is 32.8. The summed E-state index contributed by atoms with van der Waals surface area (Å²) in [7, 11) is -5.25. The van der Waals surface area contributed by atoms with E-state index in [9.17, 15) is 52.8 Å². The van der Waals surface area contributed by atoms with Gasteiger partial charge in [0.15, 0.2) is 0 Å². The monoisotopic (exact) mass is 1010 g/mol. The Morgan fingerprint density at radius 2 is 0.757 bits per heavy atom. The molecule has 0 fully saturated rings. The predicted octanol–water partition coefficient (Wildman–Crippen LogP) is 10.8. The van der Waals surface area contributed by atoms with Crippen molar-refractivity contribution in [1.82, 2.24) is 9.44 Å². The van der Waals surface area contributed by atoms with Gasteiger partial charge in [-0.15, -0.1) is 0 Å². The van der Waals surface area contributed by atoms with Crippen LogP contribution in [0.3, 0.4) is 0 Å². The van der Waals surface area contributed by atoms with E-state index in [-0.39, 0.29) is 45.5 Å². The molecule has 0 unspecified atom stereocenters. The van der Waals surface area contributed by atoms with Gasteiger partial charge in [0.05, 0.1) is 46.3 Å². The van der Waals surface area contributed by atoms with E-state index in [0.717, 1.165) is 35.4 Å². The number of benzene rings is 6. The van der Waals surface area contributed by atoms with Crippen LogP contribution in [0.2, 0.25) is 0 Å². The van der Waals surface area contributed by atoms with Gasteiger partial charge in [-0.3, -0.25) is 0 Å². The molecule has 0 aliphatic heterocycles. The van der Waals surface area contributed by atoms with Crippen LogP contribution >= 0.6 is 0 Å². The first kappa shape index (κ1) is 54.2. The normalized spacial score (nSPS) is 11.8. The zero-order valence-electron chi connectivity index (χ0n) is 38.5. The molecule has 0 radical (unpaired) electrons. The Hall–Kier alpha value is -6.74. The highest BCUT2D eigenvalue weighted by atomic mass is 32.2. The van der Waals surface area contributed by atoms with Crippen molar-refractivity contribution in [2.75, 3.05) is 27.3 Å². The van der Waals surface area contributed by atoms with Gasteiger partial charge < -0.3 is 18.9 Å². The molecular weight excluding hydrogens is 967 g/mol. The van der Waals surface area contributed by atoms with Crippen molar-refractivity contribution >= 4 is 32.0 Å². The number of ether oxygens (including phenoxy) is 4. The summed E-state index contributed by atoms with van der Waals surface area (Å²) in [6.07, 6.45) is -8.06. The maximum absolute atomic E-state index is 12.7. The van der Waals surface area contributed by atoms with Crippen molar-refractivity contribution in [3.05, 3.63) is 177 Å². The molecule has 0 spiro atoms. The first-order valence-electron chi connectivity index (χ1n) is 21.1. The van der Waals surface area contributed by atoms with Crippen LogP contribution in [0.5, 0.6) is 23.0 Å². The zero-order valence-corrected chi connectivity index (χ0v) is 40.2. The Morgan fingerprint density at radius 1 is 0.471 bits per heavy atom. The molecule has 0 amide bonds. The largest absolute Gasteiger partial charge is 0.465 e. The summed E-state index contributed by atoms with van der Waals surface area (Å²) in [6, 6.07) is 27.8. The van der Waals surface area contributed by atoms with Gasteiger partial charge in [0.2, 0.25) is 20.0 Å². The molecule has 2 N–H and O–H groups in total. The van der Waals surface area contributed by atoms with Gasteiger partial charge in [0.25, 0.3) is 0 Å². The molecule has 6 aromatic carbocycles. The SMILES string of the molecule is COC(=O)c1cc(S(=O)(=O)NCCc2ccc(Oc3ccc(C(F)(F)F)cc3)cc2)cc(C)c1C.COC(=O)c1cc(S(=O)(=O)NCCc2ccc(Oc3ccc(C(F)(F)F)cc3)cc2)cc(C)c1C. The van der Waals surface area contributed by atoms with Crippen LogP contribution < -0.4 is 18.9 Å². The van der Waals surface area contributed by atoms with Gasteiger partial charge >= 0.3 is 24.3 Å². The highest BCUT2D eigenvalue weighted by Gasteiger charge is 2.31. The number of carbonyl (C=O) groups is 2. The summed E-state index contributed by atoms with van der Waals surface area (Å²) in [4.78, 5) is 23.9. The van der Waals surface area contributed by atoms with Gasteiger partial charge in [-0.2, -0.15) is 26.3 Å². The van der Waals surface area contributed by atoms with E-state index >= 15 is 0 Å². The highest BCUT2D eigenvalue weighted by Crippen LogP contribution is 2.33. The van der Waals surface area contributed by atoms with E-state index in [1.54, 1.807) is 76.2 Å². The summed E-state index contributed by atoms with van der Waals surface area (Å²) >= 11 is 0. The van der Waals surface area contributed by atoms with Crippen molar-refractivity contribution in [2.24, 2.45) is 0 Å². The molecular formula is C50H48F6N2O10S2. The number of esters is 2. The van der Waals surface area contributed by atoms with Crippen molar-refractivity contribution in [1.29, 1.82) is 0 Å². The minimum atomic E-state index is -4.41. The molecule has 0 saturated heterocycles. The predicted molar refractivity (Wildman–Crippen MR) is 248 cm³/mol. The second-order valence-corrected chi connectivity index (χ2v) is 19.2. The molecule has 372 valence electrons. The van der Waals surface area contributed by atoms with E-state index in [2.05, 4.69) is 9.44 Å². The Bertz CT molecular complexity index is 2810. The molecule has 0 atom stereocenters. The number of carbonyl (C=O) groups excluding carboxylic acids is 2. The molecule has 0 aliphatic carbocycles. The summed E-state index contributed by atoms with van der Waals surface area (Å²) in [5.41, 5.74) is 3.10. The molecule has 20 heteroatoms. The summed E-state index contributed by atoms with van der Waals surface area (Å²) in [6.45, 7) is 7.10. The van der Waals surface area contributed by atoms with E-state index in [1.807, 2.05) is 0 Å². The fourth-order valence-corrected chi connectivity index (χ4v) is 8.86. The van der Waals surface area contributed by atoms with E-state index in [1.165, 1.54) is 62.8 Å². The van der Waals surface area contributed by atoms with Crippen LogP contribution in [-0.2, 0) is 54.7 Å². The van der Waals surface area contributed by atoms with E-state index in [0.29, 0.717) is 46.6 Å². The number of sulfonamides is 2. The molecule has 0 aromatic heterocycles. The minimum Gasteiger partial charge on any atom is -0.465 e. The average Bonchev–Trinajstić information content (AvgIpc) is 3.31. The van der Waals surface area contributed by atoms with Gasteiger partial charge in [-0.25, -0.2) is 35.9 Å². The standard InChI is InChI=1S/2C25H24F3NO5S/c2*1-16-14-22(15-23(17(16)2)24(30)33-3)35(31,32)29-13-12-18-4-8-20(9-5-18)34-21-10-6-19(7-11-21)25(26,27)28/h2*4-11,14-15,29H,12-13H2,1-3H3. The van der Waals surface area contributed by atoms with Gasteiger partial charge in [0.1, 0.15) is 23.0 Å². The van der Waals surface area contributed by atoms with Crippen LogP contribution in [-0.4, -0.2) is 56.1 Å². The van der Waals surface area contributed by atoms with Crippen LogP contribution in [0.25, 0.3) is 0 Å². The third-order valence-corrected chi connectivity index (χ3v) is 13.7. The topological polar surface area (TPSA) is 163 Å². The summed E-state index contributed by atoms with van der Waals surface area (Å²) in [5.74, 6) is 0.165. The number of alkyl halides is 6. The number of hydrogen-bond acceptors (Lipinski definition) is 10. The fraction of sp³-hybridized carbons (Fsp3) is 0.240. The van der Waals surface area contributed by atoms with Crippen LogP contribution in [0, 0.1) is 27.7 Å². The zero-order chi connectivity index (χ0) is 51.6. The molecule has 6 rings (SSSR count). The lowest BCUT2D eigenvalue weighted by molar-refractivity contribution is -0.138. The van der Waals surface area contributed by atoms with Crippen molar-refractivity contribution in [3.8, 4) is 23.0 Å².